The molecule has 8 nitrogen and oxygen atoms in total. The van der Waals surface area contributed by atoms with Gasteiger partial charge in [-0.2, -0.15) is 8.42 Å². The largest absolute Gasteiger partial charge is 0.367 e. The van der Waals surface area contributed by atoms with Gasteiger partial charge in [-0.1, -0.05) is 52.3 Å². The van der Waals surface area contributed by atoms with Crippen LogP contribution in [-0.4, -0.2) is 42.4 Å². The van der Waals surface area contributed by atoms with E-state index < -0.39 is 15.9 Å². The van der Waals surface area contributed by atoms with E-state index in [2.05, 4.69) is 53.0 Å². The molecule has 2 atom stereocenters. The molecule has 1 saturated heterocycles. The number of carbonyl (C=O) groups is 1. The van der Waals surface area contributed by atoms with Crippen LogP contribution in [0.1, 0.15) is 83.8 Å². The molecule has 3 N–H and O–H groups in total. The summed E-state index contributed by atoms with van der Waals surface area (Å²) >= 11 is 6.21. The number of nitrogens with zero attached hydrogens (tertiary/aromatic N) is 2. The zero-order chi connectivity index (χ0) is 27.6. The van der Waals surface area contributed by atoms with Crippen LogP contribution in [0, 0.1) is 11.8 Å². The number of anilines is 1. The lowest BCUT2D eigenvalue weighted by atomic mass is 9.90. The maximum atomic E-state index is 13.0. The third-order valence-electron chi connectivity index (χ3n) is 6.78. The Balaban J connectivity index is 1.70. The Morgan fingerprint density at radius 2 is 1.89 bits per heavy atom. The van der Waals surface area contributed by atoms with Crippen LogP contribution >= 0.6 is 11.6 Å². The molecule has 2 aromatic heterocycles. The Kier molecular flexibility index (Phi) is 8.92. The summed E-state index contributed by atoms with van der Waals surface area (Å²) in [5, 5.41) is 6.68. The van der Waals surface area contributed by atoms with Crippen molar-refractivity contribution >= 4 is 33.3 Å². The van der Waals surface area contributed by atoms with Gasteiger partial charge >= 0.3 is 0 Å². The maximum absolute atomic E-state index is 13.0. The van der Waals surface area contributed by atoms with Crippen molar-refractivity contribution in [3.8, 4) is 0 Å². The van der Waals surface area contributed by atoms with Crippen LogP contribution in [0.15, 0.2) is 35.4 Å². The van der Waals surface area contributed by atoms with E-state index in [1.807, 2.05) is 20.8 Å². The van der Waals surface area contributed by atoms with Crippen LogP contribution in [-0.2, 0) is 15.4 Å². The zero-order valence-corrected chi connectivity index (χ0v) is 24.4. The first-order chi connectivity index (χ1) is 17.1. The Morgan fingerprint density at radius 3 is 2.46 bits per heavy atom. The van der Waals surface area contributed by atoms with Gasteiger partial charge in [-0.25, -0.2) is 14.7 Å². The number of aromatic nitrogens is 2. The Labute approximate surface area is 226 Å². The predicted octanol–water partition coefficient (Wildman–Crippen LogP) is 5.15. The molecule has 3 rings (SSSR count). The Hall–Kier alpha value is -2.23. The fraction of sp³-hybridized carbons (Fsp3) is 0.593. The first-order valence-electron chi connectivity index (χ1n) is 12.8. The first kappa shape index (κ1) is 29.3. The highest BCUT2D eigenvalue weighted by Gasteiger charge is 2.31. The second kappa shape index (κ2) is 11.3. The average molecular weight is 550 g/mol. The molecule has 1 unspecified atom stereocenters. The molecule has 1 aliphatic heterocycles. The van der Waals surface area contributed by atoms with Gasteiger partial charge in [0.05, 0.1) is 5.56 Å². The maximum Gasteiger partial charge on any atom is 0.281 e. The second-order valence-electron chi connectivity index (χ2n) is 12.0. The summed E-state index contributed by atoms with van der Waals surface area (Å²) in [6.07, 6.45) is 3.16. The number of hydrogen-bond donors (Lipinski definition) is 3. The van der Waals surface area contributed by atoms with Gasteiger partial charge in [0, 0.05) is 22.7 Å². The normalized spacial score (nSPS) is 18.6. The van der Waals surface area contributed by atoms with E-state index in [-0.39, 0.29) is 32.7 Å². The van der Waals surface area contributed by atoms with E-state index >= 15 is 0 Å². The molecule has 204 valence electrons. The quantitative estimate of drug-likeness (QED) is 0.371. The lowest BCUT2D eigenvalue weighted by Gasteiger charge is -2.25. The molecule has 0 radical (unpaired) electrons. The number of carbonyl (C=O) groups excluding carboxylic acids is 1. The SMILES string of the molecule is CC(C)C(CC[C@@H]1CNC(C)(C)C1)Nc1cccc(S(=O)(=O)NC(=O)c2ccc(C(C)(C)C)nc2Cl)n1. The molecule has 0 spiro atoms. The summed E-state index contributed by atoms with van der Waals surface area (Å²) in [4.78, 5) is 21.3. The van der Waals surface area contributed by atoms with E-state index in [9.17, 15) is 13.2 Å². The minimum Gasteiger partial charge on any atom is -0.367 e. The van der Waals surface area contributed by atoms with Crippen molar-refractivity contribution < 1.29 is 13.2 Å². The number of nitrogens with one attached hydrogen (secondary N) is 3. The molecule has 10 heteroatoms. The minimum absolute atomic E-state index is 0.0167. The lowest BCUT2D eigenvalue weighted by Crippen LogP contribution is -2.32. The molecule has 1 aliphatic rings. The van der Waals surface area contributed by atoms with Gasteiger partial charge in [-0.05, 0) is 75.8 Å². The molecule has 2 aromatic rings. The minimum atomic E-state index is -4.23. The Bertz CT molecular complexity index is 1220. The predicted molar refractivity (Wildman–Crippen MR) is 149 cm³/mol. The van der Waals surface area contributed by atoms with Crippen LogP contribution in [0.2, 0.25) is 5.15 Å². The third kappa shape index (κ3) is 7.88. The summed E-state index contributed by atoms with van der Waals surface area (Å²) in [6.45, 7) is 15.7. The van der Waals surface area contributed by atoms with E-state index in [0.717, 1.165) is 25.8 Å². The van der Waals surface area contributed by atoms with Crippen molar-refractivity contribution in [1.29, 1.82) is 0 Å². The second-order valence-corrected chi connectivity index (χ2v) is 14.0. The van der Waals surface area contributed by atoms with Crippen molar-refractivity contribution in [2.24, 2.45) is 11.8 Å². The van der Waals surface area contributed by atoms with Gasteiger partial charge in [-0.3, -0.25) is 4.79 Å². The van der Waals surface area contributed by atoms with Gasteiger partial charge in [0.2, 0.25) is 0 Å². The van der Waals surface area contributed by atoms with Crippen molar-refractivity contribution in [1.82, 2.24) is 20.0 Å². The fourth-order valence-corrected chi connectivity index (χ4v) is 5.74. The van der Waals surface area contributed by atoms with Crippen molar-refractivity contribution in [3.63, 3.8) is 0 Å². The van der Waals surface area contributed by atoms with E-state index in [1.54, 1.807) is 18.2 Å². The number of pyridine rings is 2. The molecule has 3 heterocycles. The van der Waals surface area contributed by atoms with Gasteiger partial charge in [0.15, 0.2) is 5.03 Å². The monoisotopic (exact) mass is 549 g/mol. The summed E-state index contributed by atoms with van der Waals surface area (Å²) in [7, 11) is -4.23. The van der Waals surface area contributed by atoms with Gasteiger partial charge < -0.3 is 10.6 Å². The number of hydrogen-bond acceptors (Lipinski definition) is 7. The average Bonchev–Trinajstić information content (AvgIpc) is 3.14. The molecule has 1 fully saturated rings. The molecular weight excluding hydrogens is 510 g/mol. The highest BCUT2D eigenvalue weighted by Crippen LogP contribution is 2.29. The van der Waals surface area contributed by atoms with Crippen LogP contribution in [0.4, 0.5) is 5.82 Å². The van der Waals surface area contributed by atoms with Crippen molar-refractivity contribution in [2.45, 2.75) is 89.8 Å². The van der Waals surface area contributed by atoms with Gasteiger partial charge in [0.25, 0.3) is 15.9 Å². The summed E-state index contributed by atoms with van der Waals surface area (Å²) in [5.41, 5.74) is 0.595. The smallest absolute Gasteiger partial charge is 0.281 e. The molecule has 0 aromatic carbocycles. The number of sulfonamides is 1. The topological polar surface area (TPSA) is 113 Å². The third-order valence-corrected chi connectivity index (χ3v) is 8.30. The standard InChI is InChI=1S/C27H40ClN5O3S/c1-17(2)20(13-11-18-15-27(6,7)29-16-18)30-22-9-8-10-23(32-22)37(35,36)33-25(34)19-12-14-21(26(3,4)5)31-24(19)28/h8-10,12,14,17-18,20,29H,11,13,15-16H2,1-7H3,(H,30,32)(H,33,34)/t18-,20?/m0/s1. The first-order valence-corrected chi connectivity index (χ1v) is 14.7. The summed E-state index contributed by atoms with van der Waals surface area (Å²) < 4.78 is 28.1. The van der Waals surface area contributed by atoms with E-state index in [4.69, 9.17) is 11.6 Å². The number of halogens is 1. The summed E-state index contributed by atoms with van der Waals surface area (Å²) in [6, 6.07) is 8.00. The molecule has 37 heavy (non-hydrogen) atoms. The van der Waals surface area contributed by atoms with Crippen LogP contribution in [0.3, 0.4) is 0 Å². The van der Waals surface area contributed by atoms with Crippen molar-refractivity contribution in [3.05, 3.63) is 46.7 Å². The fourth-order valence-electron chi connectivity index (χ4n) is 4.56. The van der Waals surface area contributed by atoms with Crippen LogP contribution in [0.25, 0.3) is 0 Å². The molecule has 0 saturated carbocycles. The zero-order valence-electron chi connectivity index (χ0n) is 22.9. The van der Waals surface area contributed by atoms with E-state index in [0.29, 0.717) is 23.3 Å². The lowest BCUT2D eigenvalue weighted by molar-refractivity contribution is 0.0981. The highest BCUT2D eigenvalue weighted by molar-refractivity contribution is 7.90. The molecule has 0 bridgehead atoms. The van der Waals surface area contributed by atoms with E-state index in [1.165, 1.54) is 12.1 Å². The van der Waals surface area contributed by atoms with Gasteiger partial charge in [-0.15, -0.1) is 0 Å². The highest BCUT2D eigenvalue weighted by atomic mass is 35.5. The molecule has 0 aliphatic carbocycles. The van der Waals surface area contributed by atoms with Crippen LogP contribution < -0.4 is 15.4 Å². The number of amides is 1. The summed E-state index contributed by atoms with van der Waals surface area (Å²) in [5.74, 6) is 0.543. The number of rotatable bonds is 9. The van der Waals surface area contributed by atoms with Gasteiger partial charge in [0.1, 0.15) is 11.0 Å². The van der Waals surface area contributed by atoms with Crippen molar-refractivity contribution in [2.75, 3.05) is 11.9 Å². The molecular formula is C27H40ClN5O3S. The molecule has 1 amide bonds. The van der Waals surface area contributed by atoms with Crippen LogP contribution in [0.5, 0.6) is 0 Å². The Morgan fingerprint density at radius 1 is 1.19 bits per heavy atom.